The van der Waals surface area contributed by atoms with Crippen molar-refractivity contribution in [3.05, 3.63) is 34.6 Å². The fraction of sp³-hybridized carbons (Fsp3) is 0.696. The number of rotatable bonds is 6. The maximum absolute atomic E-state index is 15.2. The fourth-order valence-electron chi connectivity index (χ4n) is 4.82. The summed E-state index contributed by atoms with van der Waals surface area (Å²) in [6.45, 7) is 6.37. The molecule has 3 rings (SSSR count). The lowest BCUT2D eigenvalue weighted by Crippen LogP contribution is -2.29. The van der Waals surface area contributed by atoms with Crippen LogP contribution in [0.3, 0.4) is 0 Å². The highest BCUT2D eigenvalue weighted by Gasteiger charge is 2.33. The number of hydrogen-bond donors (Lipinski definition) is 0. The summed E-state index contributed by atoms with van der Waals surface area (Å²) in [5.74, 6) is 0.718. The highest BCUT2D eigenvalue weighted by molar-refractivity contribution is 5.92. The molecule has 1 aliphatic heterocycles. The third-order valence-electron chi connectivity index (χ3n) is 6.69. The van der Waals surface area contributed by atoms with Crippen LogP contribution in [0.2, 0.25) is 0 Å². The highest BCUT2D eigenvalue weighted by atomic mass is 19.1. The van der Waals surface area contributed by atoms with Gasteiger partial charge in [-0.25, -0.2) is 9.18 Å². The third-order valence-corrected chi connectivity index (χ3v) is 6.69. The molecule has 1 fully saturated rings. The molecular weight excluding hydrogens is 327 g/mol. The summed E-state index contributed by atoms with van der Waals surface area (Å²) in [4.78, 5) is 12.3. The van der Waals surface area contributed by atoms with Gasteiger partial charge in [-0.05, 0) is 48.1 Å². The van der Waals surface area contributed by atoms with Gasteiger partial charge in [0.1, 0.15) is 11.9 Å². The Morgan fingerprint density at radius 3 is 2.58 bits per heavy atom. The molecule has 3 heteroatoms. The summed E-state index contributed by atoms with van der Waals surface area (Å²) in [6.07, 6.45) is 10.1. The Labute approximate surface area is 157 Å². The number of unbranched alkanes of at least 4 members (excludes halogenated alkanes) is 1. The molecule has 144 valence electrons. The van der Waals surface area contributed by atoms with Crippen molar-refractivity contribution < 1.29 is 13.9 Å². The molecule has 0 bridgehead atoms. The standard InChI is InChI=1S/C23H33FO2/c1-4-6-7-16-8-10-17(11-9-16)15(3)20-13-12-18-14-19(5-2)26-23(25)21(18)22(20)24/h12-13,15-17,19H,4-11,14H2,1-3H3. The molecule has 1 aliphatic carbocycles. The van der Waals surface area contributed by atoms with E-state index in [0.29, 0.717) is 17.9 Å². The molecule has 2 nitrogen and oxygen atoms in total. The van der Waals surface area contributed by atoms with E-state index in [1.165, 1.54) is 44.9 Å². The van der Waals surface area contributed by atoms with Crippen LogP contribution in [-0.2, 0) is 11.2 Å². The summed E-state index contributed by atoms with van der Waals surface area (Å²) in [5, 5.41) is 0. The molecule has 1 aromatic rings. The third kappa shape index (κ3) is 3.97. The second kappa shape index (κ2) is 8.54. The van der Waals surface area contributed by atoms with Crippen molar-refractivity contribution in [3.63, 3.8) is 0 Å². The van der Waals surface area contributed by atoms with Crippen molar-refractivity contribution in [2.45, 2.75) is 90.6 Å². The Morgan fingerprint density at radius 2 is 1.92 bits per heavy atom. The van der Waals surface area contributed by atoms with Gasteiger partial charge in [0.2, 0.25) is 0 Å². The van der Waals surface area contributed by atoms with Crippen LogP contribution in [0, 0.1) is 17.7 Å². The Hall–Kier alpha value is -1.38. The number of hydrogen-bond acceptors (Lipinski definition) is 2. The van der Waals surface area contributed by atoms with E-state index in [1.54, 1.807) is 0 Å². The van der Waals surface area contributed by atoms with Gasteiger partial charge in [-0.1, -0.05) is 65.0 Å². The van der Waals surface area contributed by atoms with Crippen molar-refractivity contribution in [1.82, 2.24) is 0 Å². The first-order valence-corrected chi connectivity index (χ1v) is 10.6. The number of esters is 1. The first-order chi connectivity index (χ1) is 12.5. The first-order valence-electron chi connectivity index (χ1n) is 10.6. The van der Waals surface area contributed by atoms with Crippen molar-refractivity contribution >= 4 is 5.97 Å². The van der Waals surface area contributed by atoms with E-state index in [4.69, 9.17) is 4.74 Å². The van der Waals surface area contributed by atoms with Gasteiger partial charge in [0.15, 0.2) is 0 Å². The average molecular weight is 361 g/mol. The Kier molecular flexibility index (Phi) is 6.37. The summed E-state index contributed by atoms with van der Waals surface area (Å²) < 4.78 is 20.6. The molecule has 1 aromatic carbocycles. The minimum Gasteiger partial charge on any atom is -0.458 e. The second-order valence-corrected chi connectivity index (χ2v) is 8.35. The minimum absolute atomic E-state index is 0.115. The van der Waals surface area contributed by atoms with Crippen molar-refractivity contribution in [2.75, 3.05) is 0 Å². The van der Waals surface area contributed by atoms with Gasteiger partial charge < -0.3 is 4.74 Å². The molecule has 0 radical (unpaired) electrons. The molecule has 0 amide bonds. The van der Waals surface area contributed by atoms with Crippen molar-refractivity contribution in [3.8, 4) is 0 Å². The van der Waals surface area contributed by atoms with Gasteiger partial charge in [-0.3, -0.25) is 0 Å². The van der Waals surface area contributed by atoms with Gasteiger partial charge in [0, 0.05) is 6.42 Å². The maximum Gasteiger partial charge on any atom is 0.341 e. The zero-order valence-electron chi connectivity index (χ0n) is 16.5. The number of halogens is 1. The van der Waals surface area contributed by atoms with E-state index >= 15 is 4.39 Å². The molecule has 26 heavy (non-hydrogen) atoms. The van der Waals surface area contributed by atoms with Crippen LogP contribution in [0.4, 0.5) is 4.39 Å². The fourth-order valence-corrected chi connectivity index (χ4v) is 4.82. The van der Waals surface area contributed by atoms with Gasteiger partial charge in [0.25, 0.3) is 0 Å². The predicted octanol–water partition coefficient (Wildman–Crippen LogP) is 6.42. The van der Waals surface area contributed by atoms with Crippen LogP contribution in [0.1, 0.15) is 99.5 Å². The quantitative estimate of drug-likeness (QED) is 0.547. The van der Waals surface area contributed by atoms with Crippen LogP contribution in [0.15, 0.2) is 12.1 Å². The van der Waals surface area contributed by atoms with Crippen LogP contribution < -0.4 is 0 Å². The average Bonchev–Trinajstić information content (AvgIpc) is 2.66. The van der Waals surface area contributed by atoms with E-state index in [1.807, 2.05) is 19.1 Å². The van der Waals surface area contributed by atoms with Crippen LogP contribution in [0.25, 0.3) is 0 Å². The minimum atomic E-state index is -0.479. The lowest BCUT2D eigenvalue weighted by atomic mass is 9.72. The molecule has 0 aromatic heterocycles. The number of benzene rings is 1. The SMILES string of the molecule is CCCCC1CCC(C(C)c2ccc3c(c2F)C(=O)OC(CC)C3)CC1. The highest BCUT2D eigenvalue weighted by Crippen LogP contribution is 2.41. The zero-order valence-corrected chi connectivity index (χ0v) is 16.5. The number of ether oxygens (including phenoxy) is 1. The molecule has 2 atom stereocenters. The normalized spacial score (nSPS) is 26.9. The number of carbonyl (C=O) groups is 1. The lowest BCUT2D eigenvalue weighted by Gasteiger charge is -2.33. The number of fused-ring (bicyclic) bond motifs is 1. The van der Waals surface area contributed by atoms with Gasteiger partial charge in [0.05, 0.1) is 5.56 Å². The summed E-state index contributed by atoms with van der Waals surface area (Å²) in [6, 6.07) is 3.88. The van der Waals surface area contributed by atoms with Gasteiger partial charge in [-0.2, -0.15) is 0 Å². The molecular formula is C23H33FO2. The Balaban J connectivity index is 1.72. The van der Waals surface area contributed by atoms with Crippen LogP contribution in [-0.4, -0.2) is 12.1 Å². The van der Waals surface area contributed by atoms with E-state index in [0.717, 1.165) is 17.9 Å². The van der Waals surface area contributed by atoms with Gasteiger partial charge >= 0.3 is 5.97 Å². The number of carbonyl (C=O) groups excluding carboxylic acids is 1. The zero-order chi connectivity index (χ0) is 18.7. The van der Waals surface area contributed by atoms with Gasteiger partial charge in [-0.15, -0.1) is 0 Å². The summed E-state index contributed by atoms with van der Waals surface area (Å²) in [5.41, 5.74) is 1.70. The van der Waals surface area contributed by atoms with Crippen LogP contribution >= 0.6 is 0 Å². The predicted molar refractivity (Wildman–Crippen MR) is 103 cm³/mol. The molecule has 2 unspecified atom stereocenters. The molecule has 2 aliphatic rings. The van der Waals surface area contributed by atoms with Crippen LogP contribution in [0.5, 0.6) is 0 Å². The van der Waals surface area contributed by atoms with E-state index in [9.17, 15) is 4.79 Å². The maximum atomic E-state index is 15.2. The van der Waals surface area contributed by atoms with E-state index in [-0.39, 0.29) is 23.4 Å². The topological polar surface area (TPSA) is 26.3 Å². The van der Waals surface area contributed by atoms with Crippen molar-refractivity contribution in [1.29, 1.82) is 0 Å². The lowest BCUT2D eigenvalue weighted by molar-refractivity contribution is 0.0242. The summed E-state index contributed by atoms with van der Waals surface area (Å²) in [7, 11) is 0. The molecule has 1 saturated carbocycles. The Morgan fingerprint density at radius 1 is 1.19 bits per heavy atom. The monoisotopic (exact) mass is 360 g/mol. The molecule has 0 saturated heterocycles. The summed E-state index contributed by atoms with van der Waals surface area (Å²) >= 11 is 0. The first kappa shape index (κ1) is 19.4. The molecule has 0 N–H and O–H groups in total. The molecule has 1 heterocycles. The largest absolute Gasteiger partial charge is 0.458 e. The van der Waals surface area contributed by atoms with Crippen molar-refractivity contribution in [2.24, 2.45) is 11.8 Å². The Bertz CT molecular complexity index is 631. The molecule has 0 spiro atoms. The second-order valence-electron chi connectivity index (χ2n) is 8.35. The van der Waals surface area contributed by atoms with E-state index < -0.39 is 5.97 Å². The van der Waals surface area contributed by atoms with E-state index in [2.05, 4.69) is 13.8 Å². The smallest absolute Gasteiger partial charge is 0.341 e. The number of cyclic esters (lactones) is 1.